The molecular weight excluding hydrogens is 344 g/mol. The van der Waals surface area contributed by atoms with E-state index in [1.54, 1.807) is 17.9 Å². The minimum absolute atomic E-state index is 0.0180. The number of nitrogens with zero attached hydrogens (tertiary/aromatic N) is 6. The van der Waals surface area contributed by atoms with E-state index in [-0.39, 0.29) is 11.9 Å². The highest BCUT2D eigenvalue weighted by atomic mass is 16.4. The lowest BCUT2D eigenvalue weighted by Gasteiger charge is -2.28. The molecule has 3 aromatic rings. The van der Waals surface area contributed by atoms with Gasteiger partial charge in [-0.05, 0) is 33.8 Å². The number of rotatable bonds is 3. The lowest BCUT2D eigenvalue weighted by Crippen LogP contribution is -2.37. The molecule has 0 N–H and O–H groups in total. The topological polar surface area (TPSA) is 82.0 Å². The van der Waals surface area contributed by atoms with Gasteiger partial charge in [-0.25, -0.2) is 4.98 Å². The highest BCUT2D eigenvalue weighted by Crippen LogP contribution is 2.32. The lowest BCUT2D eigenvalue weighted by atomic mass is 10.0. The summed E-state index contributed by atoms with van der Waals surface area (Å²) in [5, 5.41) is 9.06. The second-order valence-electron chi connectivity index (χ2n) is 7.36. The summed E-state index contributed by atoms with van der Waals surface area (Å²) < 4.78 is 9.40. The molecule has 0 saturated heterocycles. The molecular formula is C19H24N6O2. The summed E-state index contributed by atoms with van der Waals surface area (Å²) in [5.41, 5.74) is 4.33. The van der Waals surface area contributed by atoms with E-state index in [9.17, 15) is 4.79 Å². The van der Waals surface area contributed by atoms with Gasteiger partial charge >= 0.3 is 0 Å². The van der Waals surface area contributed by atoms with Crippen molar-refractivity contribution in [3.8, 4) is 11.6 Å². The largest absolute Gasteiger partial charge is 0.440 e. The Labute approximate surface area is 157 Å². The van der Waals surface area contributed by atoms with Gasteiger partial charge in [0.25, 0.3) is 5.91 Å². The highest BCUT2D eigenvalue weighted by Gasteiger charge is 2.31. The molecule has 1 amide bonds. The Hall–Kier alpha value is -2.90. The lowest BCUT2D eigenvalue weighted by molar-refractivity contribution is 0.0722. The summed E-state index contributed by atoms with van der Waals surface area (Å²) in [6, 6.07) is 2.05. The molecule has 4 heterocycles. The van der Waals surface area contributed by atoms with E-state index in [4.69, 9.17) is 9.52 Å². The van der Waals surface area contributed by atoms with Crippen LogP contribution in [0.4, 0.5) is 0 Å². The first kappa shape index (κ1) is 17.5. The Balaban J connectivity index is 1.73. The summed E-state index contributed by atoms with van der Waals surface area (Å²) in [6.07, 6.45) is 2.45. The molecule has 0 aliphatic carbocycles. The Kier molecular flexibility index (Phi) is 4.13. The minimum Gasteiger partial charge on any atom is -0.440 e. The van der Waals surface area contributed by atoms with Crippen LogP contribution in [0.15, 0.2) is 16.7 Å². The third-order valence-electron chi connectivity index (χ3n) is 4.91. The molecule has 0 radical (unpaired) electrons. The number of carbonyl (C=O) groups is 1. The number of fused-ring (bicyclic) bond motifs is 1. The third kappa shape index (κ3) is 2.94. The molecule has 0 spiro atoms. The van der Waals surface area contributed by atoms with Crippen LogP contribution in [0.3, 0.4) is 0 Å². The van der Waals surface area contributed by atoms with Gasteiger partial charge in [-0.2, -0.15) is 10.2 Å². The molecule has 3 aromatic heterocycles. The molecule has 1 aliphatic rings. The average Bonchev–Trinajstić information content (AvgIpc) is 3.30. The number of hydrogen-bond donors (Lipinski definition) is 0. The summed E-state index contributed by atoms with van der Waals surface area (Å²) >= 11 is 0. The number of hydrogen-bond acceptors (Lipinski definition) is 5. The van der Waals surface area contributed by atoms with Crippen molar-refractivity contribution in [1.29, 1.82) is 0 Å². The molecule has 142 valence electrons. The summed E-state index contributed by atoms with van der Waals surface area (Å²) in [7, 11) is 1.80. The Bertz CT molecular complexity index is 1010. The summed E-state index contributed by atoms with van der Waals surface area (Å²) in [4.78, 5) is 19.2. The normalized spacial score (nSPS) is 14.1. The highest BCUT2D eigenvalue weighted by molar-refractivity contribution is 5.93. The van der Waals surface area contributed by atoms with Crippen molar-refractivity contribution >= 4 is 5.91 Å². The van der Waals surface area contributed by atoms with Crippen molar-refractivity contribution in [2.45, 2.75) is 46.7 Å². The maximum Gasteiger partial charge on any atom is 0.272 e. The van der Waals surface area contributed by atoms with Gasteiger partial charge in [0.05, 0.1) is 18.4 Å². The number of aromatic nitrogens is 5. The SMILES string of the molecule is Cc1cc(C(=O)N2CCc3c(c(-c4ncc(C)o4)nn3C(C)C)C2)n(C)n1. The predicted molar refractivity (Wildman–Crippen MR) is 99.2 cm³/mol. The molecule has 0 saturated carbocycles. The summed E-state index contributed by atoms with van der Waals surface area (Å²) in [5.74, 6) is 1.23. The fraction of sp³-hybridized carbons (Fsp3) is 0.474. The first-order chi connectivity index (χ1) is 12.8. The van der Waals surface area contributed by atoms with Crippen molar-refractivity contribution in [2.24, 2.45) is 7.05 Å². The fourth-order valence-electron chi connectivity index (χ4n) is 3.66. The molecule has 1 aliphatic heterocycles. The zero-order chi connectivity index (χ0) is 19.3. The molecule has 0 aromatic carbocycles. The molecule has 27 heavy (non-hydrogen) atoms. The number of oxazole rings is 1. The monoisotopic (exact) mass is 368 g/mol. The van der Waals surface area contributed by atoms with Gasteiger partial charge in [0, 0.05) is 37.3 Å². The minimum atomic E-state index is -0.0180. The van der Waals surface area contributed by atoms with Crippen LogP contribution < -0.4 is 0 Å². The number of carbonyl (C=O) groups excluding carboxylic acids is 1. The van der Waals surface area contributed by atoms with Gasteiger partial charge in [0.2, 0.25) is 5.89 Å². The van der Waals surface area contributed by atoms with Crippen LogP contribution in [0, 0.1) is 13.8 Å². The van der Waals surface area contributed by atoms with Crippen LogP contribution in [0.2, 0.25) is 0 Å². The molecule has 0 atom stereocenters. The van der Waals surface area contributed by atoms with Gasteiger partial charge < -0.3 is 9.32 Å². The molecule has 0 fully saturated rings. The third-order valence-corrected chi connectivity index (χ3v) is 4.91. The van der Waals surface area contributed by atoms with E-state index in [1.165, 1.54) is 0 Å². The van der Waals surface area contributed by atoms with Crippen LogP contribution in [-0.4, -0.2) is 41.9 Å². The molecule has 4 rings (SSSR count). The Morgan fingerprint density at radius 3 is 2.63 bits per heavy atom. The average molecular weight is 368 g/mol. The van der Waals surface area contributed by atoms with Crippen molar-refractivity contribution in [3.05, 3.63) is 40.7 Å². The second kappa shape index (κ2) is 6.37. The zero-order valence-electron chi connectivity index (χ0n) is 16.4. The maximum atomic E-state index is 13.0. The van der Waals surface area contributed by atoms with Crippen LogP contribution in [0.1, 0.15) is 53.1 Å². The van der Waals surface area contributed by atoms with Gasteiger partial charge in [-0.3, -0.25) is 14.2 Å². The Morgan fingerprint density at radius 1 is 1.26 bits per heavy atom. The van der Waals surface area contributed by atoms with Gasteiger partial charge in [0.1, 0.15) is 11.5 Å². The molecule has 8 nitrogen and oxygen atoms in total. The standard InChI is InChI=1S/C19H24N6O2/c1-11(2)25-15-6-7-24(19(26)16-8-12(3)21-23(16)5)10-14(15)17(22-25)18-20-9-13(4)27-18/h8-9,11H,6-7,10H2,1-5H3. The van der Waals surface area contributed by atoms with E-state index in [2.05, 4.69) is 23.9 Å². The smallest absolute Gasteiger partial charge is 0.272 e. The number of amides is 1. The zero-order valence-corrected chi connectivity index (χ0v) is 16.4. The van der Waals surface area contributed by atoms with E-state index in [0.717, 1.165) is 34.8 Å². The first-order valence-corrected chi connectivity index (χ1v) is 9.18. The maximum absolute atomic E-state index is 13.0. The quantitative estimate of drug-likeness (QED) is 0.710. The van der Waals surface area contributed by atoms with Gasteiger partial charge in [-0.15, -0.1) is 0 Å². The van der Waals surface area contributed by atoms with E-state index < -0.39 is 0 Å². The molecule has 0 unspecified atom stereocenters. The van der Waals surface area contributed by atoms with E-state index >= 15 is 0 Å². The van der Waals surface area contributed by atoms with Gasteiger partial charge in [0.15, 0.2) is 5.69 Å². The molecule has 8 heteroatoms. The van der Waals surface area contributed by atoms with Crippen molar-refractivity contribution < 1.29 is 9.21 Å². The predicted octanol–water partition coefficient (Wildman–Crippen LogP) is 2.67. The van der Waals surface area contributed by atoms with Crippen molar-refractivity contribution in [1.82, 2.24) is 29.4 Å². The molecule has 0 bridgehead atoms. The van der Waals surface area contributed by atoms with Crippen LogP contribution in [0.25, 0.3) is 11.6 Å². The van der Waals surface area contributed by atoms with Crippen molar-refractivity contribution in [2.75, 3.05) is 6.54 Å². The van der Waals surface area contributed by atoms with Crippen molar-refractivity contribution in [3.63, 3.8) is 0 Å². The first-order valence-electron chi connectivity index (χ1n) is 9.18. The fourth-order valence-corrected chi connectivity index (χ4v) is 3.66. The van der Waals surface area contributed by atoms with Crippen LogP contribution in [-0.2, 0) is 20.0 Å². The van der Waals surface area contributed by atoms with E-state index in [1.807, 2.05) is 29.5 Å². The van der Waals surface area contributed by atoms with E-state index in [0.29, 0.717) is 24.7 Å². The van der Waals surface area contributed by atoms with Crippen LogP contribution in [0.5, 0.6) is 0 Å². The second-order valence-corrected chi connectivity index (χ2v) is 7.36. The van der Waals surface area contributed by atoms with Gasteiger partial charge in [-0.1, -0.05) is 0 Å². The Morgan fingerprint density at radius 2 is 2.04 bits per heavy atom. The number of aryl methyl sites for hydroxylation is 3. The summed E-state index contributed by atoms with van der Waals surface area (Å²) in [6.45, 7) is 9.10. The van der Waals surface area contributed by atoms with Crippen LogP contribution >= 0.6 is 0 Å².